The van der Waals surface area contributed by atoms with Crippen LogP contribution < -0.4 is 0 Å². The standard InChI is InChI=1S/C23H15FN2S/c24-18-14-17-16-10-4-5-11-19(16)26-22(17)21(20-12-6-7-13-25-20)23(18)27-15-8-2-1-3-9-15/h1-14,26H. The molecule has 0 amide bonds. The first-order chi connectivity index (χ1) is 13.3. The number of pyridine rings is 1. The number of benzene rings is 3. The van der Waals surface area contributed by atoms with Crippen molar-refractivity contribution in [1.82, 2.24) is 9.97 Å². The number of nitrogens with zero attached hydrogens (tertiary/aromatic N) is 1. The van der Waals surface area contributed by atoms with Crippen LogP contribution in [0.15, 0.2) is 94.9 Å². The number of hydrogen-bond donors (Lipinski definition) is 1. The molecule has 0 atom stereocenters. The van der Waals surface area contributed by atoms with Crippen molar-refractivity contribution >= 4 is 33.6 Å². The van der Waals surface area contributed by atoms with E-state index in [4.69, 9.17) is 0 Å². The highest BCUT2D eigenvalue weighted by Gasteiger charge is 2.20. The summed E-state index contributed by atoms with van der Waals surface area (Å²) in [5, 5.41) is 1.89. The number of aromatic amines is 1. The van der Waals surface area contributed by atoms with Crippen LogP contribution in [-0.2, 0) is 0 Å². The third-order valence-corrected chi connectivity index (χ3v) is 5.71. The molecule has 2 aromatic heterocycles. The second-order valence-corrected chi connectivity index (χ2v) is 7.37. The number of fused-ring (bicyclic) bond motifs is 3. The highest BCUT2D eigenvalue weighted by molar-refractivity contribution is 7.99. The Morgan fingerprint density at radius 3 is 2.41 bits per heavy atom. The van der Waals surface area contributed by atoms with Crippen molar-refractivity contribution in [3.05, 3.63) is 90.9 Å². The number of H-pyrrole nitrogens is 1. The summed E-state index contributed by atoms with van der Waals surface area (Å²) in [7, 11) is 0. The molecule has 0 aliphatic carbocycles. The maximum absolute atomic E-state index is 15.3. The molecule has 0 bridgehead atoms. The molecule has 3 aromatic carbocycles. The molecule has 0 spiro atoms. The summed E-state index contributed by atoms with van der Waals surface area (Å²) in [5.41, 5.74) is 3.46. The average molecular weight is 370 g/mol. The van der Waals surface area contributed by atoms with Gasteiger partial charge in [0, 0.05) is 32.9 Å². The minimum absolute atomic E-state index is 0.234. The fraction of sp³-hybridized carbons (Fsp3) is 0. The summed E-state index contributed by atoms with van der Waals surface area (Å²) in [6.07, 6.45) is 1.74. The quantitative estimate of drug-likeness (QED) is 0.384. The van der Waals surface area contributed by atoms with Gasteiger partial charge < -0.3 is 4.98 Å². The Morgan fingerprint density at radius 2 is 1.59 bits per heavy atom. The van der Waals surface area contributed by atoms with Crippen LogP contribution in [0.2, 0.25) is 0 Å². The van der Waals surface area contributed by atoms with E-state index in [-0.39, 0.29) is 5.82 Å². The molecule has 4 heteroatoms. The van der Waals surface area contributed by atoms with E-state index < -0.39 is 0 Å². The Balaban J connectivity index is 1.85. The van der Waals surface area contributed by atoms with Crippen molar-refractivity contribution in [1.29, 1.82) is 0 Å². The Bertz CT molecular complexity index is 1250. The molecule has 0 aliphatic heterocycles. The van der Waals surface area contributed by atoms with Crippen molar-refractivity contribution in [3.8, 4) is 11.3 Å². The molecule has 0 fully saturated rings. The van der Waals surface area contributed by atoms with Gasteiger partial charge in [-0.3, -0.25) is 4.98 Å². The molecule has 2 heterocycles. The molecule has 5 rings (SSSR count). The highest BCUT2D eigenvalue weighted by atomic mass is 32.2. The Morgan fingerprint density at radius 1 is 0.815 bits per heavy atom. The van der Waals surface area contributed by atoms with Gasteiger partial charge in [-0.05, 0) is 36.4 Å². The third kappa shape index (κ3) is 2.78. The Kier molecular flexibility index (Phi) is 3.91. The van der Waals surface area contributed by atoms with Crippen LogP contribution in [0.1, 0.15) is 0 Å². The maximum Gasteiger partial charge on any atom is 0.138 e. The van der Waals surface area contributed by atoms with Gasteiger partial charge in [-0.15, -0.1) is 0 Å². The van der Waals surface area contributed by atoms with Crippen molar-refractivity contribution in [3.63, 3.8) is 0 Å². The molecular weight excluding hydrogens is 355 g/mol. The van der Waals surface area contributed by atoms with Gasteiger partial charge in [0.05, 0.1) is 16.1 Å². The lowest BCUT2D eigenvalue weighted by Gasteiger charge is -2.12. The lowest BCUT2D eigenvalue weighted by molar-refractivity contribution is 0.605. The van der Waals surface area contributed by atoms with E-state index in [9.17, 15) is 0 Å². The summed E-state index contributed by atoms with van der Waals surface area (Å²) in [6.45, 7) is 0. The lowest BCUT2D eigenvalue weighted by atomic mass is 10.1. The molecule has 2 nitrogen and oxygen atoms in total. The van der Waals surface area contributed by atoms with E-state index in [2.05, 4.69) is 9.97 Å². The van der Waals surface area contributed by atoms with Crippen molar-refractivity contribution in [2.75, 3.05) is 0 Å². The molecule has 130 valence electrons. The molecule has 0 unspecified atom stereocenters. The number of nitrogens with one attached hydrogen (secondary N) is 1. The smallest absolute Gasteiger partial charge is 0.138 e. The second kappa shape index (κ2) is 6.56. The minimum Gasteiger partial charge on any atom is -0.354 e. The number of para-hydroxylation sites is 1. The van der Waals surface area contributed by atoms with Crippen LogP contribution >= 0.6 is 11.8 Å². The highest BCUT2D eigenvalue weighted by Crippen LogP contribution is 2.43. The van der Waals surface area contributed by atoms with Crippen LogP contribution in [0.4, 0.5) is 4.39 Å². The van der Waals surface area contributed by atoms with Crippen LogP contribution in [-0.4, -0.2) is 9.97 Å². The van der Waals surface area contributed by atoms with Gasteiger partial charge in [0.15, 0.2) is 0 Å². The first-order valence-electron chi connectivity index (χ1n) is 8.68. The number of rotatable bonds is 3. The molecule has 0 saturated carbocycles. The average Bonchev–Trinajstić information content (AvgIpc) is 3.08. The zero-order valence-electron chi connectivity index (χ0n) is 14.3. The van der Waals surface area contributed by atoms with Crippen LogP contribution in [0, 0.1) is 5.82 Å². The van der Waals surface area contributed by atoms with E-state index in [1.54, 1.807) is 12.3 Å². The van der Waals surface area contributed by atoms with Gasteiger partial charge >= 0.3 is 0 Å². The Labute approximate surface area is 160 Å². The maximum atomic E-state index is 15.3. The monoisotopic (exact) mass is 370 g/mol. The van der Waals surface area contributed by atoms with Crippen molar-refractivity contribution < 1.29 is 4.39 Å². The summed E-state index contributed by atoms with van der Waals surface area (Å²) in [4.78, 5) is 9.56. The predicted molar refractivity (Wildman–Crippen MR) is 110 cm³/mol. The van der Waals surface area contributed by atoms with Gasteiger partial charge in [0.25, 0.3) is 0 Å². The predicted octanol–water partition coefficient (Wildman–Crippen LogP) is 6.67. The topological polar surface area (TPSA) is 28.7 Å². The van der Waals surface area contributed by atoms with Gasteiger partial charge in [0.2, 0.25) is 0 Å². The van der Waals surface area contributed by atoms with E-state index in [1.807, 2.05) is 72.8 Å². The minimum atomic E-state index is -0.234. The van der Waals surface area contributed by atoms with Crippen molar-refractivity contribution in [2.45, 2.75) is 9.79 Å². The van der Waals surface area contributed by atoms with E-state index >= 15 is 4.39 Å². The van der Waals surface area contributed by atoms with Gasteiger partial charge in [-0.25, -0.2) is 4.39 Å². The second-order valence-electron chi connectivity index (χ2n) is 6.29. The fourth-order valence-electron chi connectivity index (χ4n) is 3.40. The zero-order valence-corrected chi connectivity index (χ0v) is 15.1. The van der Waals surface area contributed by atoms with Crippen LogP contribution in [0.25, 0.3) is 33.1 Å². The van der Waals surface area contributed by atoms with E-state index in [0.717, 1.165) is 38.0 Å². The fourth-order valence-corrected chi connectivity index (χ4v) is 4.39. The largest absolute Gasteiger partial charge is 0.354 e. The number of hydrogen-bond acceptors (Lipinski definition) is 2. The SMILES string of the molecule is Fc1cc2c([nH]c3ccccc32)c(-c2ccccn2)c1Sc1ccccc1. The third-order valence-electron chi connectivity index (χ3n) is 4.60. The summed E-state index contributed by atoms with van der Waals surface area (Å²) < 4.78 is 15.3. The molecule has 27 heavy (non-hydrogen) atoms. The van der Waals surface area contributed by atoms with E-state index in [0.29, 0.717) is 4.90 Å². The van der Waals surface area contributed by atoms with Crippen LogP contribution in [0.5, 0.6) is 0 Å². The summed E-state index contributed by atoms with van der Waals surface area (Å²) in [6, 6.07) is 25.2. The number of halogens is 1. The summed E-state index contributed by atoms with van der Waals surface area (Å²) in [5.74, 6) is -0.234. The lowest BCUT2D eigenvalue weighted by Crippen LogP contribution is -1.92. The molecule has 0 radical (unpaired) electrons. The molecule has 1 N–H and O–H groups in total. The van der Waals surface area contributed by atoms with Gasteiger partial charge in [0.1, 0.15) is 5.82 Å². The molecule has 0 saturated heterocycles. The van der Waals surface area contributed by atoms with Crippen molar-refractivity contribution in [2.24, 2.45) is 0 Å². The first-order valence-corrected chi connectivity index (χ1v) is 9.50. The molecule has 0 aliphatic rings. The zero-order chi connectivity index (χ0) is 18.2. The van der Waals surface area contributed by atoms with E-state index in [1.165, 1.54) is 11.8 Å². The first kappa shape index (κ1) is 16.1. The molecule has 5 aromatic rings. The number of aromatic nitrogens is 2. The summed E-state index contributed by atoms with van der Waals surface area (Å²) >= 11 is 1.43. The normalized spacial score (nSPS) is 11.3. The van der Waals surface area contributed by atoms with Gasteiger partial charge in [-0.1, -0.05) is 54.2 Å². The van der Waals surface area contributed by atoms with Crippen LogP contribution in [0.3, 0.4) is 0 Å². The molecular formula is C23H15FN2S. The Hall–Kier alpha value is -3.11. The van der Waals surface area contributed by atoms with Gasteiger partial charge in [-0.2, -0.15) is 0 Å².